The Kier molecular flexibility index (Phi) is 3.90. The minimum Gasteiger partial charge on any atom is -0.330 e. The summed E-state index contributed by atoms with van der Waals surface area (Å²) >= 11 is 0. The van der Waals surface area contributed by atoms with Crippen molar-refractivity contribution in [3.63, 3.8) is 0 Å². The molecule has 0 aromatic carbocycles. The van der Waals surface area contributed by atoms with E-state index in [2.05, 4.69) is 21.9 Å². The summed E-state index contributed by atoms with van der Waals surface area (Å²) in [7, 11) is 0. The number of nitrogens with two attached hydrogens (primary N) is 1. The van der Waals surface area contributed by atoms with E-state index in [9.17, 15) is 0 Å². The molecule has 100 valence electrons. The lowest BCUT2D eigenvalue weighted by Crippen LogP contribution is -2.14. The van der Waals surface area contributed by atoms with E-state index in [1.54, 1.807) is 6.20 Å². The molecule has 0 spiro atoms. The molecule has 0 aliphatic carbocycles. The summed E-state index contributed by atoms with van der Waals surface area (Å²) in [4.78, 5) is 13.6. The molecular weight excluding hydrogens is 236 g/mol. The van der Waals surface area contributed by atoms with E-state index in [0.717, 1.165) is 28.2 Å². The van der Waals surface area contributed by atoms with Crippen molar-refractivity contribution in [3.8, 4) is 11.5 Å². The number of rotatable bonds is 3. The number of hydrogen-bond acceptors (Lipinski definition) is 4. The lowest BCUT2D eigenvalue weighted by molar-refractivity contribution is 0.743. The van der Waals surface area contributed by atoms with Gasteiger partial charge in [-0.2, -0.15) is 0 Å². The smallest absolute Gasteiger partial charge is 0.178 e. The van der Waals surface area contributed by atoms with Gasteiger partial charge in [0.1, 0.15) is 5.69 Å². The highest BCUT2D eigenvalue weighted by atomic mass is 14.9. The van der Waals surface area contributed by atoms with Crippen LogP contribution in [-0.4, -0.2) is 21.5 Å². The van der Waals surface area contributed by atoms with Crippen LogP contribution < -0.4 is 5.73 Å². The van der Waals surface area contributed by atoms with Crippen LogP contribution in [0.4, 0.5) is 0 Å². The van der Waals surface area contributed by atoms with Crippen molar-refractivity contribution < 1.29 is 0 Å². The first-order valence-electron chi connectivity index (χ1n) is 6.51. The maximum absolute atomic E-state index is 5.75. The molecule has 2 aromatic heterocycles. The third-order valence-corrected chi connectivity index (χ3v) is 3.39. The van der Waals surface area contributed by atoms with E-state index in [-0.39, 0.29) is 5.92 Å². The molecule has 1 unspecified atom stereocenters. The minimum absolute atomic E-state index is 0.277. The summed E-state index contributed by atoms with van der Waals surface area (Å²) in [5.74, 6) is 0.972. The van der Waals surface area contributed by atoms with E-state index in [4.69, 9.17) is 5.73 Å². The molecule has 4 nitrogen and oxygen atoms in total. The molecule has 0 fully saturated rings. The normalized spacial score (nSPS) is 12.5. The average molecular weight is 256 g/mol. The molecule has 0 saturated carbocycles. The number of pyridine rings is 1. The van der Waals surface area contributed by atoms with Crippen molar-refractivity contribution in [1.29, 1.82) is 0 Å². The molecule has 0 amide bonds. The van der Waals surface area contributed by atoms with Crippen LogP contribution in [0.3, 0.4) is 0 Å². The van der Waals surface area contributed by atoms with Gasteiger partial charge in [0.25, 0.3) is 0 Å². The zero-order chi connectivity index (χ0) is 14.0. The average Bonchev–Trinajstić information content (AvgIpc) is 2.38. The highest BCUT2D eigenvalue weighted by Gasteiger charge is 2.15. The van der Waals surface area contributed by atoms with Crippen LogP contribution in [0, 0.1) is 20.8 Å². The van der Waals surface area contributed by atoms with Crippen LogP contribution in [0.2, 0.25) is 0 Å². The zero-order valence-corrected chi connectivity index (χ0v) is 11.9. The van der Waals surface area contributed by atoms with Crippen LogP contribution in [0.5, 0.6) is 0 Å². The summed E-state index contributed by atoms with van der Waals surface area (Å²) in [6, 6.07) is 3.94. The molecule has 0 aliphatic heterocycles. The Bertz CT molecular complexity index is 569. The van der Waals surface area contributed by atoms with Gasteiger partial charge in [0, 0.05) is 17.6 Å². The van der Waals surface area contributed by atoms with E-state index in [1.807, 2.05) is 32.9 Å². The van der Waals surface area contributed by atoms with Crippen molar-refractivity contribution >= 4 is 0 Å². The lowest BCUT2D eigenvalue weighted by atomic mass is 9.98. The number of aromatic nitrogens is 3. The van der Waals surface area contributed by atoms with Crippen molar-refractivity contribution in [3.05, 3.63) is 40.8 Å². The van der Waals surface area contributed by atoms with Gasteiger partial charge in [-0.25, -0.2) is 9.97 Å². The first kappa shape index (κ1) is 13.6. The minimum atomic E-state index is 0.277. The van der Waals surface area contributed by atoms with E-state index in [1.165, 1.54) is 0 Å². The Labute approximate surface area is 114 Å². The standard InChI is InChI=1S/C15H20N4/c1-9-6-5-7-17-14(9)15-18-11(3)13(10(2)8-16)12(4)19-15/h5-7,10H,8,16H2,1-4H3. The Balaban J connectivity index is 2.55. The molecule has 2 N–H and O–H groups in total. The monoisotopic (exact) mass is 256 g/mol. The van der Waals surface area contributed by atoms with Gasteiger partial charge in [0.05, 0.1) is 0 Å². The van der Waals surface area contributed by atoms with Gasteiger partial charge in [-0.15, -0.1) is 0 Å². The second-order valence-electron chi connectivity index (χ2n) is 4.94. The van der Waals surface area contributed by atoms with Gasteiger partial charge in [0.2, 0.25) is 0 Å². The summed E-state index contributed by atoms with van der Waals surface area (Å²) in [5, 5.41) is 0. The molecular formula is C15H20N4. The maximum Gasteiger partial charge on any atom is 0.178 e. The van der Waals surface area contributed by atoms with Gasteiger partial charge in [-0.1, -0.05) is 13.0 Å². The van der Waals surface area contributed by atoms with E-state index >= 15 is 0 Å². The topological polar surface area (TPSA) is 64.7 Å². The number of hydrogen-bond donors (Lipinski definition) is 1. The fourth-order valence-corrected chi connectivity index (χ4v) is 2.38. The predicted octanol–water partition coefficient (Wildman–Crippen LogP) is 2.53. The SMILES string of the molecule is Cc1cccnc1-c1nc(C)c(C(C)CN)c(C)n1. The maximum atomic E-state index is 5.75. The van der Waals surface area contributed by atoms with Crippen LogP contribution >= 0.6 is 0 Å². The van der Waals surface area contributed by atoms with Crippen molar-refractivity contribution in [2.75, 3.05) is 6.54 Å². The van der Waals surface area contributed by atoms with Gasteiger partial charge in [-0.05, 0) is 50.4 Å². The number of nitrogens with zero attached hydrogens (tertiary/aromatic N) is 3. The zero-order valence-electron chi connectivity index (χ0n) is 11.9. The molecule has 19 heavy (non-hydrogen) atoms. The van der Waals surface area contributed by atoms with Gasteiger partial charge >= 0.3 is 0 Å². The molecule has 2 heterocycles. The highest BCUT2D eigenvalue weighted by molar-refractivity contribution is 5.55. The quantitative estimate of drug-likeness (QED) is 0.916. The van der Waals surface area contributed by atoms with Crippen LogP contribution in [0.15, 0.2) is 18.3 Å². The van der Waals surface area contributed by atoms with Crippen molar-refractivity contribution in [1.82, 2.24) is 15.0 Å². The van der Waals surface area contributed by atoms with Gasteiger partial charge in [-0.3, -0.25) is 4.98 Å². The van der Waals surface area contributed by atoms with Crippen LogP contribution in [0.1, 0.15) is 35.4 Å². The van der Waals surface area contributed by atoms with Crippen molar-refractivity contribution in [2.45, 2.75) is 33.6 Å². The fourth-order valence-electron chi connectivity index (χ4n) is 2.38. The second kappa shape index (κ2) is 5.45. The summed E-state index contributed by atoms with van der Waals surface area (Å²) in [5.41, 5.74) is 10.8. The van der Waals surface area contributed by atoms with Gasteiger partial charge in [0.15, 0.2) is 5.82 Å². The first-order valence-corrected chi connectivity index (χ1v) is 6.51. The third kappa shape index (κ3) is 2.63. The molecule has 4 heteroatoms. The molecule has 2 aromatic rings. The fraction of sp³-hybridized carbons (Fsp3) is 0.400. The van der Waals surface area contributed by atoms with Gasteiger partial charge < -0.3 is 5.73 Å². The predicted molar refractivity (Wildman–Crippen MR) is 76.9 cm³/mol. The first-order chi connectivity index (χ1) is 9.04. The van der Waals surface area contributed by atoms with Crippen LogP contribution in [0.25, 0.3) is 11.5 Å². The largest absolute Gasteiger partial charge is 0.330 e. The molecule has 0 saturated heterocycles. The molecule has 0 radical (unpaired) electrons. The summed E-state index contributed by atoms with van der Waals surface area (Å²) in [6.45, 7) is 8.75. The Morgan fingerprint density at radius 1 is 1.16 bits per heavy atom. The summed E-state index contributed by atoms with van der Waals surface area (Å²) in [6.07, 6.45) is 1.77. The lowest BCUT2D eigenvalue weighted by Gasteiger charge is -2.15. The molecule has 0 bridgehead atoms. The Morgan fingerprint density at radius 3 is 2.32 bits per heavy atom. The molecule has 0 aliphatic rings. The van der Waals surface area contributed by atoms with E-state index < -0.39 is 0 Å². The Hall–Kier alpha value is -1.81. The van der Waals surface area contributed by atoms with Crippen molar-refractivity contribution in [2.24, 2.45) is 5.73 Å². The van der Waals surface area contributed by atoms with Crippen LogP contribution in [-0.2, 0) is 0 Å². The van der Waals surface area contributed by atoms with E-state index in [0.29, 0.717) is 12.4 Å². The Morgan fingerprint density at radius 2 is 1.79 bits per heavy atom. The second-order valence-corrected chi connectivity index (χ2v) is 4.94. The number of aryl methyl sites for hydroxylation is 3. The summed E-state index contributed by atoms with van der Waals surface area (Å²) < 4.78 is 0. The molecule has 1 atom stereocenters. The third-order valence-electron chi connectivity index (χ3n) is 3.39. The highest BCUT2D eigenvalue weighted by Crippen LogP contribution is 2.24. The molecule has 2 rings (SSSR count).